The zero-order valence-electron chi connectivity index (χ0n) is 29.4. The highest BCUT2D eigenvalue weighted by Crippen LogP contribution is 2.43. The summed E-state index contributed by atoms with van der Waals surface area (Å²) in [5, 5.41) is 32.3. The summed E-state index contributed by atoms with van der Waals surface area (Å²) in [6, 6.07) is 33.6. The average molecular weight is 623 g/mol. The Morgan fingerprint density at radius 1 is 0.543 bits per heavy atom. The van der Waals surface area contributed by atoms with Gasteiger partial charge in [0.25, 0.3) is 0 Å². The molecule has 246 valence electrons. The van der Waals surface area contributed by atoms with E-state index in [1.165, 1.54) is 11.1 Å². The quantitative estimate of drug-likeness (QED) is 0.165. The maximum Gasteiger partial charge on any atom is 0.152 e. The van der Waals surface area contributed by atoms with Gasteiger partial charge in [0.1, 0.15) is 18.0 Å². The first-order chi connectivity index (χ1) is 21.4. The molecule has 0 saturated carbocycles. The molecule has 1 unspecified atom stereocenters. The highest BCUT2D eigenvalue weighted by Gasteiger charge is 2.36. The molecule has 46 heavy (non-hydrogen) atoms. The summed E-state index contributed by atoms with van der Waals surface area (Å²) in [5.41, 5.74) is 6.44. The SMILES string of the molecule is CC(C)(C)c1cc(C(C)(C)c2ccccc2)ccc1OC(c1ccc(C(C)(C)c2ccccc2)cc1C(C)(C)C)[C@H](O)[C@H](O)CO. The number of hydrogen-bond donors (Lipinski definition) is 3. The van der Waals surface area contributed by atoms with Crippen molar-refractivity contribution in [2.75, 3.05) is 6.61 Å². The summed E-state index contributed by atoms with van der Waals surface area (Å²) in [7, 11) is 0. The van der Waals surface area contributed by atoms with Gasteiger partial charge in [-0.25, -0.2) is 0 Å². The number of hydrogen-bond acceptors (Lipinski definition) is 4. The molecule has 4 aromatic carbocycles. The highest BCUT2D eigenvalue weighted by molar-refractivity contribution is 5.49. The number of aliphatic hydroxyl groups excluding tert-OH is 3. The standard InChI is InChI=1S/C42H54O4/c1-39(2,3)33-25-30(41(7,8)28-17-13-11-14-18-28)21-23-32(33)38(37(45)35(44)27-43)46-36-24-22-31(26-34(36)40(4,5)6)42(9,10)29-19-15-12-16-20-29/h11-26,35,37-38,43-45H,27H2,1-10H3/t35-,37-,38?/m1/s1. The molecule has 0 spiro atoms. The first-order valence-corrected chi connectivity index (χ1v) is 16.4. The fraction of sp³-hybridized carbons (Fsp3) is 0.429. The highest BCUT2D eigenvalue weighted by atomic mass is 16.5. The van der Waals surface area contributed by atoms with Crippen molar-refractivity contribution in [3.8, 4) is 5.75 Å². The topological polar surface area (TPSA) is 69.9 Å². The van der Waals surface area contributed by atoms with Crippen LogP contribution >= 0.6 is 0 Å². The van der Waals surface area contributed by atoms with Crippen LogP contribution in [-0.2, 0) is 21.7 Å². The van der Waals surface area contributed by atoms with E-state index in [0.717, 1.165) is 27.8 Å². The van der Waals surface area contributed by atoms with E-state index in [1.807, 2.05) is 24.3 Å². The average Bonchev–Trinajstić information content (AvgIpc) is 3.02. The van der Waals surface area contributed by atoms with Crippen LogP contribution in [0, 0.1) is 0 Å². The maximum atomic E-state index is 11.6. The van der Waals surface area contributed by atoms with Gasteiger partial charge in [-0.15, -0.1) is 0 Å². The van der Waals surface area contributed by atoms with E-state index in [-0.39, 0.29) is 21.7 Å². The Labute approximate surface area is 277 Å². The molecule has 0 bridgehead atoms. The third kappa shape index (κ3) is 7.41. The molecular weight excluding hydrogens is 568 g/mol. The first-order valence-electron chi connectivity index (χ1n) is 16.4. The number of benzene rings is 4. The summed E-state index contributed by atoms with van der Waals surface area (Å²) in [5.74, 6) is 0.642. The molecule has 4 nitrogen and oxygen atoms in total. The largest absolute Gasteiger partial charge is 0.483 e. The predicted molar refractivity (Wildman–Crippen MR) is 190 cm³/mol. The van der Waals surface area contributed by atoms with Gasteiger partial charge in [0, 0.05) is 10.8 Å². The zero-order valence-corrected chi connectivity index (χ0v) is 29.4. The molecule has 0 aromatic heterocycles. The van der Waals surface area contributed by atoms with Gasteiger partial charge in [-0.2, -0.15) is 0 Å². The summed E-state index contributed by atoms with van der Waals surface area (Å²) in [6.07, 6.45) is -3.68. The Hall–Kier alpha value is -3.44. The molecule has 0 heterocycles. The summed E-state index contributed by atoms with van der Waals surface area (Å²) < 4.78 is 6.84. The van der Waals surface area contributed by atoms with Crippen LogP contribution in [0.4, 0.5) is 0 Å². The van der Waals surface area contributed by atoms with E-state index < -0.39 is 24.9 Å². The second-order valence-electron chi connectivity index (χ2n) is 15.8. The monoisotopic (exact) mass is 622 g/mol. The van der Waals surface area contributed by atoms with Crippen molar-refractivity contribution in [1.82, 2.24) is 0 Å². The van der Waals surface area contributed by atoms with E-state index in [1.54, 1.807) is 0 Å². The number of aliphatic hydroxyl groups is 3. The molecule has 0 aliphatic carbocycles. The van der Waals surface area contributed by atoms with E-state index in [2.05, 4.69) is 142 Å². The van der Waals surface area contributed by atoms with Gasteiger partial charge in [-0.05, 0) is 55.8 Å². The lowest BCUT2D eigenvalue weighted by atomic mass is 9.73. The Morgan fingerprint density at radius 3 is 1.41 bits per heavy atom. The van der Waals surface area contributed by atoms with Crippen molar-refractivity contribution < 1.29 is 20.1 Å². The Balaban J connectivity index is 1.87. The number of rotatable bonds is 10. The lowest BCUT2D eigenvalue weighted by Gasteiger charge is -2.36. The smallest absolute Gasteiger partial charge is 0.152 e. The van der Waals surface area contributed by atoms with Gasteiger partial charge in [-0.3, -0.25) is 0 Å². The minimum Gasteiger partial charge on any atom is -0.483 e. The Morgan fingerprint density at radius 2 is 0.978 bits per heavy atom. The maximum absolute atomic E-state index is 11.6. The van der Waals surface area contributed by atoms with Crippen molar-refractivity contribution in [2.45, 2.75) is 109 Å². The molecule has 0 saturated heterocycles. The van der Waals surface area contributed by atoms with Gasteiger partial charge >= 0.3 is 0 Å². The van der Waals surface area contributed by atoms with Crippen LogP contribution in [0.2, 0.25) is 0 Å². The van der Waals surface area contributed by atoms with Crippen LogP contribution in [0.1, 0.15) is 114 Å². The molecule has 3 atom stereocenters. The molecule has 0 amide bonds. The van der Waals surface area contributed by atoms with Crippen LogP contribution in [-0.4, -0.2) is 34.1 Å². The van der Waals surface area contributed by atoms with E-state index >= 15 is 0 Å². The van der Waals surface area contributed by atoms with Crippen molar-refractivity contribution in [3.63, 3.8) is 0 Å². The van der Waals surface area contributed by atoms with Crippen LogP contribution in [0.3, 0.4) is 0 Å². The van der Waals surface area contributed by atoms with Crippen molar-refractivity contribution in [1.29, 1.82) is 0 Å². The Bertz CT molecular complexity index is 1590. The second-order valence-corrected chi connectivity index (χ2v) is 15.8. The fourth-order valence-electron chi connectivity index (χ4n) is 6.26. The lowest BCUT2D eigenvalue weighted by molar-refractivity contribution is -0.0698. The van der Waals surface area contributed by atoms with E-state index in [9.17, 15) is 15.3 Å². The fourth-order valence-corrected chi connectivity index (χ4v) is 6.26. The summed E-state index contributed by atoms with van der Waals surface area (Å²) in [4.78, 5) is 0. The van der Waals surface area contributed by atoms with Crippen molar-refractivity contribution >= 4 is 0 Å². The van der Waals surface area contributed by atoms with E-state index in [0.29, 0.717) is 5.75 Å². The molecular formula is C42H54O4. The minimum atomic E-state index is -1.38. The normalized spacial score (nSPS) is 14.9. The number of ether oxygens (including phenoxy) is 1. The van der Waals surface area contributed by atoms with Gasteiger partial charge in [0.15, 0.2) is 6.10 Å². The van der Waals surface area contributed by atoms with Crippen LogP contribution in [0.5, 0.6) is 5.75 Å². The third-order valence-electron chi connectivity index (χ3n) is 9.54. The lowest BCUT2D eigenvalue weighted by Crippen LogP contribution is -2.39. The van der Waals surface area contributed by atoms with Gasteiger partial charge in [0.05, 0.1) is 6.61 Å². The Kier molecular flexibility index (Phi) is 10.3. The van der Waals surface area contributed by atoms with Crippen molar-refractivity contribution in [2.24, 2.45) is 0 Å². The zero-order chi connectivity index (χ0) is 34.1. The van der Waals surface area contributed by atoms with Gasteiger partial charge in [0.2, 0.25) is 0 Å². The molecule has 3 N–H and O–H groups in total. The molecule has 4 rings (SSSR count). The molecule has 0 aliphatic rings. The molecule has 0 radical (unpaired) electrons. The molecule has 0 aliphatic heterocycles. The third-order valence-corrected chi connectivity index (χ3v) is 9.54. The molecule has 4 aromatic rings. The van der Waals surface area contributed by atoms with E-state index in [4.69, 9.17) is 4.74 Å². The summed E-state index contributed by atoms with van der Waals surface area (Å²) >= 11 is 0. The van der Waals surface area contributed by atoms with Crippen LogP contribution in [0.25, 0.3) is 0 Å². The summed E-state index contributed by atoms with van der Waals surface area (Å²) in [6.45, 7) is 21.2. The van der Waals surface area contributed by atoms with Gasteiger partial charge < -0.3 is 20.1 Å². The van der Waals surface area contributed by atoms with Crippen LogP contribution in [0.15, 0.2) is 97.1 Å². The van der Waals surface area contributed by atoms with Crippen molar-refractivity contribution in [3.05, 3.63) is 136 Å². The second kappa shape index (κ2) is 13.4. The first kappa shape index (κ1) is 35.4. The predicted octanol–water partition coefficient (Wildman–Crippen LogP) is 8.77. The minimum absolute atomic E-state index is 0.243. The molecule has 0 fully saturated rings. The molecule has 4 heteroatoms. The van der Waals surface area contributed by atoms with Gasteiger partial charge in [-0.1, -0.05) is 160 Å². The van der Waals surface area contributed by atoms with Crippen LogP contribution < -0.4 is 4.74 Å².